The Bertz CT molecular complexity index is 459. The zero-order valence-electron chi connectivity index (χ0n) is 12.7. The largest absolute Gasteiger partial charge is 0.376 e. The molecule has 116 valence electrons. The Kier molecular flexibility index (Phi) is 6.02. The van der Waals surface area contributed by atoms with Crippen LogP contribution >= 0.6 is 0 Å². The molecule has 0 aliphatic carbocycles. The number of ether oxygens (including phenoxy) is 1. The number of amides is 2. The summed E-state index contributed by atoms with van der Waals surface area (Å²) in [5.41, 5.74) is 7.41. The van der Waals surface area contributed by atoms with Gasteiger partial charge in [0.05, 0.1) is 6.10 Å². The smallest absolute Gasteiger partial charge is 0.321 e. The number of rotatable bonds is 5. The summed E-state index contributed by atoms with van der Waals surface area (Å²) in [6.07, 6.45) is 3.51. The molecule has 1 heterocycles. The van der Waals surface area contributed by atoms with Crippen molar-refractivity contribution < 1.29 is 9.53 Å². The molecule has 2 rings (SSSR count). The van der Waals surface area contributed by atoms with E-state index in [1.165, 1.54) is 6.42 Å². The Morgan fingerprint density at radius 2 is 2.33 bits per heavy atom. The van der Waals surface area contributed by atoms with Crippen molar-refractivity contribution in [1.82, 2.24) is 4.90 Å². The number of urea groups is 1. The van der Waals surface area contributed by atoms with E-state index in [2.05, 4.69) is 5.32 Å². The number of nitrogens with two attached hydrogens (primary N) is 1. The van der Waals surface area contributed by atoms with Crippen LogP contribution in [-0.2, 0) is 11.3 Å². The van der Waals surface area contributed by atoms with Crippen molar-refractivity contribution in [2.24, 2.45) is 5.73 Å². The van der Waals surface area contributed by atoms with E-state index in [1.54, 1.807) is 4.90 Å². The fourth-order valence-electron chi connectivity index (χ4n) is 2.53. The SMILES string of the molecule is CCN(C[C@H]1CCCCO1)C(=O)Nc1cccc(CN)c1. The third-order valence-corrected chi connectivity index (χ3v) is 3.78. The van der Waals surface area contributed by atoms with Gasteiger partial charge >= 0.3 is 6.03 Å². The van der Waals surface area contributed by atoms with Crippen molar-refractivity contribution in [3.63, 3.8) is 0 Å². The van der Waals surface area contributed by atoms with Gasteiger partial charge in [-0.05, 0) is 43.9 Å². The molecule has 1 saturated heterocycles. The van der Waals surface area contributed by atoms with E-state index in [0.717, 1.165) is 30.7 Å². The first-order valence-corrected chi connectivity index (χ1v) is 7.69. The normalized spacial score (nSPS) is 18.3. The van der Waals surface area contributed by atoms with Crippen molar-refractivity contribution in [2.45, 2.75) is 38.8 Å². The van der Waals surface area contributed by atoms with Gasteiger partial charge in [0.2, 0.25) is 0 Å². The third-order valence-electron chi connectivity index (χ3n) is 3.78. The average Bonchev–Trinajstić information content (AvgIpc) is 2.53. The predicted octanol–water partition coefficient (Wildman–Crippen LogP) is 2.57. The van der Waals surface area contributed by atoms with Crippen LogP contribution in [0, 0.1) is 0 Å². The molecule has 0 aromatic heterocycles. The maximum Gasteiger partial charge on any atom is 0.321 e. The average molecular weight is 291 g/mol. The fraction of sp³-hybridized carbons (Fsp3) is 0.562. The molecule has 5 nitrogen and oxygen atoms in total. The summed E-state index contributed by atoms with van der Waals surface area (Å²) in [6.45, 7) is 4.58. The monoisotopic (exact) mass is 291 g/mol. The van der Waals surface area contributed by atoms with E-state index >= 15 is 0 Å². The van der Waals surface area contributed by atoms with Crippen LogP contribution in [-0.4, -0.2) is 36.7 Å². The second-order valence-corrected chi connectivity index (χ2v) is 5.36. The lowest BCUT2D eigenvalue weighted by molar-refractivity contribution is 0.00221. The van der Waals surface area contributed by atoms with Crippen LogP contribution in [0.4, 0.5) is 10.5 Å². The minimum absolute atomic E-state index is 0.0826. The summed E-state index contributed by atoms with van der Waals surface area (Å²) < 4.78 is 5.71. The van der Waals surface area contributed by atoms with E-state index in [0.29, 0.717) is 19.6 Å². The number of nitrogens with one attached hydrogen (secondary N) is 1. The number of hydrogen-bond donors (Lipinski definition) is 2. The van der Waals surface area contributed by atoms with E-state index in [9.17, 15) is 4.79 Å². The maximum absolute atomic E-state index is 12.3. The van der Waals surface area contributed by atoms with Gasteiger partial charge in [-0.3, -0.25) is 0 Å². The Hall–Kier alpha value is -1.59. The zero-order chi connectivity index (χ0) is 15.1. The molecular weight excluding hydrogens is 266 g/mol. The predicted molar refractivity (Wildman–Crippen MR) is 84.2 cm³/mol. The summed E-state index contributed by atoms with van der Waals surface area (Å²) in [6, 6.07) is 7.55. The zero-order valence-corrected chi connectivity index (χ0v) is 12.7. The van der Waals surface area contributed by atoms with Gasteiger partial charge in [-0.25, -0.2) is 4.79 Å². The van der Waals surface area contributed by atoms with Crippen LogP contribution in [0.3, 0.4) is 0 Å². The molecule has 0 unspecified atom stereocenters. The highest BCUT2D eigenvalue weighted by Gasteiger charge is 2.20. The summed E-state index contributed by atoms with van der Waals surface area (Å²) in [5.74, 6) is 0. The number of benzene rings is 1. The topological polar surface area (TPSA) is 67.6 Å². The first-order chi connectivity index (χ1) is 10.2. The number of hydrogen-bond acceptors (Lipinski definition) is 3. The van der Waals surface area contributed by atoms with E-state index in [4.69, 9.17) is 10.5 Å². The number of likely N-dealkylation sites (N-methyl/N-ethyl adjacent to an activating group) is 1. The molecule has 1 atom stereocenters. The second kappa shape index (κ2) is 8.00. The van der Waals surface area contributed by atoms with Crippen LogP contribution in [0.25, 0.3) is 0 Å². The first kappa shape index (κ1) is 15.8. The van der Waals surface area contributed by atoms with Crippen molar-refractivity contribution in [1.29, 1.82) is 0 Å². The van der Waals surface area contributed by atoms with Crippen molar-refractivity contribution in [3.8, 4) is 0 Å². The molecule has 0 saturated carbocycles. The molecule has 2 amide bonds. The summed E-state index contributed by atoms with van der Waals surface area (Å²) in [5, 5.41) is 2.93. The van der Waals surface area contributed by atoms with Gasteiger partial charge in [0.25, 0.3) is 0 Å². The van der Waals surface area contributed by atoms with Crippen LogP contribution in [0.2, 0.25) is 0 Å². The molecule has 0 radical (unpaired) electrons. The molecule has 1 aliphatic rings. The molecule has 1 aliphatic heterocycles. The molecule has 0 bridgehead atoms. The Morgan fingerprint density at radius 1 is 1.48 bits per heavy atom. The second-order valence-electron chi connectivity index (χ2n) is 5.36. The molecule has 1 aromatic rings. The van der Waals surface area contributed by atoms with Gasteiger partial charge in [0.1, 0.15) is 0 Å². The lowest BCUT2D eigenvalue weighted by Gasteiger charge is -2.29. The molecular formula is C16H25N3O2. The highest BCUT2D eigenvalue weighted by atomic mass is 16.5. The molecule has 1 fully saturated rings. The lowest BCUT2D eigenvalue weighted by atomic mass is 10.1. The molecule has 21 heavy (non-hydrogen) atoms. The van der Waals surface area contributed by atoms with Crippen molar-refractivity contribution >= 4 is 11.7 Å². The highest BCUT2D eigenvalue weighted by molar-refractivity contribution is 5.89. The van der Waals surface area contributed by atoms with E-state index in [-0.39, 0.29) is 12.1 Å². The van der Waals surface area contributed by atoms with Gasteiger partial charge < -0.3 is 20.7 Å². The fourth-order valence-corrected chi connectivity index (χ4v) is 2.53. The number of carbonyl (C=O) groups is 1. The van der Waals surface area contributed by atoms with Gasteiger partial charge in [0.15, 0.2) is 0 Å². The first-order valence-electron chi connectivity index (χ1n) is 7.69. The third kappa shape index (κ3) is 4.72. The molecule has 3 N–H and O–H groups in total. The maximum atomic E-state index is 12.3. The minimum atomic E-state index is -0.0826. The lowest BCUT2D eigenvalue weighted by Crippen LogP contribution is -2.41. The van der Waals surface area contributed by atoms with Gasteiger partial charge in [-0.1, -0.05) is 12.1 Å². The molecule has 1 aromatic carbocycles. The summed E-state index contributed by atoms with van der Waals surface area (Å²) in [7, 11) is 0. The molecule has 0 spiro atoms. The number of anilines is 1. The number of nitrogens with zero attached hydrogens (tertiary/aromatic N) is 1. The Labute approximate surface area is 126 Å². The van der Waals surface area contributed by atoms with Crippen molar-refractivity contribution in [3.05, 3.63) is 29.8 Å². The number of carbonyl (C=O) groups excluding carboxylic acids is 1. The van der Waals surface area contributed by atoms with Gasteiger partial charge in [-0.2, -0.15) is 0 Å². The molecule has 5 heteroatoms. The van der Waals surface area contributed by atoms with Gasteiger partial charge in [0, 0.05) is 31.9 Å². The Balaban J connectivity index is 1.92. The van der Waals surface area contributed by atoms with Crippen LogP contribution in [0.5, 0.6) is 0 Å². The quantitative estimate of drug-likeness (QED) is 0.876. The Morgan fingerprint density at radius 3 is 3.00 bits per heavy atom. The van der Waals surface area contributed by atoms with Crippen molar-refractivity contribution in [2.75, 3.05) is 25.0 Å². The summed E-state index contributed by atoms with van der Waals surface area (Å²) in [4.78, 5) is 14.1. The van der Waals surface area contributed by atoms with E-state index < -0.39 is 0 Å². The highest BCUT2D eigenvalue weighted by Crippen LogP contribution is 2.15. The van der Waals surface area contributed by atoms with Crippen LogP contribution in [0.1, 0.15) is 31.7 Å². The summed E-state index contributed by atoms with van der Waals surface area (Å²) >= 11 is 0. The van der Waals surface area contributed by atoms with E-state index in [1.807, 2.05) is 31.2 Å². The van der Waals surface area contributed by atoms with Crippen LogP contribution in [0.15, 0.2) is 24.3 Å². The standard InChI is InChI=1S/C16H25N3O2/c1-2-19(12-15-8-3-4-9-21-15)16(20)18-14-7-5-6-13(10-14)11-17/h5-7,10,15H,2-4,8-9,11-12,17H2,1H3,(H,18,20)/t15-/m1/s1. The minimum Gasteiger partial charge on any atom is -0.376 e. The van der Waals surface area contributed by atoms with Gasteiger partial charge in [-0.15, -0.1) is 0 Å². The van der Waals surface area contributed by atoms with Crippen LogP contribution < -0.4 is 11.1 Å².